The van der Waals surface area contributed by atoms with Crippen molar-refractivity contribution in [3.05, 3.63) is 42.6 Å². The van der Waals surface area contributed by atoms with E-state index in [1.807, 2.05) is 19.0 Å². The second kappa shape index (κ2) is 12.0. The van der Waals surface area contributed by atoms with Crippen molar-refractivity contribution in [2.75, 3.05) is 58.9 Å². The van der Waals surface area contributed by atoms with Gasteiger partial charge in [0, 0.05) is 52.0 Å². The molecule has 2 saturated heterocycles. The van der Waals surface area contributed by atoms with Crippen molar-refractivity contribution in [3.63, 3.8) is 0 Å². The number of piperidine rings is 1. The Balaban J connectivity index is 1.23. The van der Waals surface area contributed by atoms with Crippen LogP contribution in [-0.4, -0.2) is 103 Å². The number of aliphatic hydroxyl groups is 1. The van der Waals surface area contributed by atoms with Crippen LogP contribution in [0.1, 0.15) is 19.3 Å². The van der Waals surface area contributed by atoms with E-state index in [9.17, 15) is 21.9 Å². The lowest BCUT2D eigenvalue weighted by molar-refractivity contribution is -0.0312. The molecule has 1 spiro atoms. The van der Waals surface area contributed by atoms with E-state index in [2.05, 4.69) is 15.0 Å². The van der Waals surface area contributed by atoms with E-state index in [1.165, 1.54) is 29.7 Å². The van der Waals surface area contributed by atoms with Crippen LogP contribution in [0.2, 0.25) is 0 Å². The highest BCUT2D eigenvalue weighted by atomic mass is 32.2. The first kappa shape index (κ1) is 29.6. The van der Waals surface area contributed by atoms with Gasteiger partial charge in [-0.05, 0) is 50.6 Å². The molecule has 2 aromatic rings. The Morgan fingerprint density at radius 3 is 2.56 bits per heavy atom. The molecule has 14 heteroatoms. The van der Waals surface area contributed by atoms with Crippen LogP contribution in [0.3, 0.4) is 0 Å². The van der Waals surface area contributed by atoms with Crippen molar-refractivity contribution >= 4 is 25.9 Å². The van der Waals surface area contributed by atoms with E-state index >= 15 is 0 Å². The number of nitrogens with zero attached hydrogens (tertiary/aromatic N) is 3. The zero-order valence-corrected chi connectivity index (χ0v) is 24.0. The minimum Gasteiger partial charge on any atom is -0.491 e. The van der Waals surface area contributed by atoms with Crippen molar-refractivity contribution in [1.82, 2.24) is 19.3 Å². The Morgan fingerprint density at radius 2 is 1.92 bits per heavy atom. The van der Waals surface area contributed by atoms with E-state index < -0.39 is 31.8 Å². The molecular formula is C25H37N5O7S2. The maximum atomic E-state index is 13.1. The third-order valence-electron chi connectivity index (χ3n) is 7.13. The van der Waals surface area contributed by atoms with Gasteiger partial charge >= 0.3 is 0 Å². The Bertz CT molecular complexity index is 1330. The van der Waals surface area contributed by atoms with Gasteiger partial charge in [-0.2, -0.15) is 4.31 Å². The van der Waals surface area contributed by atoms with Crippen LogP contribution in [-0.2, 0) is 24.8 Å². The summed E-state index contributed by atoms with van der Waals surface area (Å²) in [6.07, 6.45) is 2.48. The molecule has 2 aliphatic heterocycles. The average Bonchev–Trinajstić information content (AvgIpc) is 3.33. The smallest absolute Gasteiger partial charge is 0.244 e. The average molecular weight is 584 g/mol. The highest BCUT2D eigenvalue weighted by Gasteiger charge is 2.44. The van der Waals surface area contributed by atoms with Gasteiger partial charge < -0.3 is 24.8 Å². The Hall–Kier alpha value is -2.33. The van der Waals surface area contributed by atoms with Crippen LogP contribution in [0, 0.1) is 0 Å². The van der Waals surface area contributed by atoms with Crippen molar-refractivity contribution < 1.29 is 31.4 Å². The molecule has 2 atom stereocenters. The normalized spacial score (nSPS) is 20.7. The molecule has 12 nitrogen and oxygen atoms in total. The summed E-state index contributed by atoms with van der Waals surface area (Å²) in [6.45, 7) is 1.47. The summed E-state index contributed by atoms with van der Waals surface area (Å²) in [7, 11) is -2.18. The Morgan fingerprint density at radius 1 is 1.18 bits per heavy atom. The lowest BCUT2D eigenvalue weighted by Gasteiger charge is -2.38. The fourth-order valence-electron chi connectivity index (χ4n) is 4.80. The van der Waals surface area contributed by atoms with Gasteiger partial charge in [0.15, 0.2) is 0 Å². The number of aromatic nitrogens is 1. The molecule has 39 heavy (non-hydrogen) atoms. The fourth-order valence-corrected chi connectivity index (χ4v) is 6.95. The highest BCUT2D eigenvalue weighted by Crippen LogP contribution is 2.37. The molecule has 2 fully saturated rings. The van der Waals surface area contributed by atoms with E-state index in [-0.39, 0.29) is 29.0 Å². The molecule has 0 saturated carbocycles. The van der Waals surface area contributed by atoms with E-state index in [1.54, 1.807) is 24.3 Å². The van der Waals surface area contributed by atoms with E-state index in [0.29, 0.717) is 44.1 Å². The van der Waals surface area contributed by atoms with Gasteiger partial charge in [0.05, 0.1) is 17.1 Å². The zero-order valence-electron chi connectivity index (χ0n) is 22.4. The summed E-state index contributed by atoms with van der Waals surface area (Å²) >= 11 is 0. The number of hydrogen-bond donors (Lipinski definition) is 3. The monoisotopic (exact) mass is 583 g/mol. The maximum absolute atomic E-state index is 13.1. The van der Waals surface area contributed by atoms with E-state index in [4.69, 9.17) is 9.47 Å². The maximum Gasteiger partial charge on any atom is 0.244 e. The molecular weight excluding hydrogens is 546 g/mol. The molecule has 2 aliphatic rings. The number of sulfonamides is 2. The van der Waals surface area contributed by atoms with Crippen molar-refractivity contribution in [3.8, 4) is 5.75 Å². The second-order valence-electron chi connectivity index (χ2n) is 10.1. The highest BCUT2D eigenvalue weighted by molar-refractivity contribution is 7.89. The summed E-state index contributed by atoms with van der Waals surface area (Å²) in [5, 5.41) is 13.7. The standard InChI is InChI=1S/C25H37N5O7S2/c1-26-38(32,33)22-6-4-5-21(13-22)36-18-20(31)15-27-19-14-25(37-17-19)9-11-30(12-10-25)39(34,35)23-7-8-24(28-16-23)29(2)3/h4-8,13,16,19-20,26-27,31H,9-12,14-15,17-18H2,1-3H3. The van der Waals surface area contributed by atoms with Gasteiger partial charge in [0.25, 0.3) is 0 Å². The summed E-state index contributed by atoms with van der Waals surface area (Å²) in [5.74, 6) is 1.04. The molecule has 4 rings (SSSR count). The molecule has 216 valence electrons. The quantitative estimate of drug-likeness (QED) is 0.339. The molecule has 2 unspecified atom stereocenters. The third-order valence-corrected chi connectivity index (χ3v) is 10.4. The minimum atomic E-state index is -3.63. The van der Waals surface area contributed by atoms with Crippen LogP contribution in [0.25, 0.3) is 0 Å². The molecule has 3 heterocycles. The number of rotatable bonds is 11. The van der Waals surface area contributed by atoms with Gasteiger partial charge in [-0.25, -0.2) is 26.5 Å². The van der Waals surface area contributed by atoms with Gasteiger partial charge in [0.2, 0.25) is 20.0 Å². The number of nitrogens with one attached hydrogen (secondary N) is 2. The number of pyridine rings is 1. The van der Waals surface area contributed by atoms with Crippen LogP contribution in [0.15, 0.2) is 52.4 Å². The SMILES string of the molecule is CNS(=O)(=O)c1cccc(OCC(O)CNC2COC3(CCN(S(=O)(=O)c4ccc(N(C)C)nc4)CC3)C2)c1. The minimum absolute atomic E-state index is 0.00796. The van der Waals surface area contributed by atoms with Gasteiger partial charge in [-0.1, -0.05) is 6.07 Å². The summed E-state index contributed by atoms with van der Waals surface area (Å²) < 4.78 is 65.6. The topological polar surface area (TPSA) is 150 Å². The lowest BCUT2D eigenvalue weighted by atomic mass is 9.88. The number of benzene rings is 1. The molecule has 1 aromatic heterocycles. The number of aliphatic hydroxyl groups excluding tert-OH is 1. The predicted molar refractivity (Wildman–Crippen MR) is 146 cm³/mol. The molecule has 0 bridgehead atoms. The summed E-state index contributed by atoms with van der Waals surface area (Å²) in [5.41, 5.74) is -0.391. The first-order valence-electron chi connectivity index (χ1n) is 12.8. The van der Waals surface area contributed by atoms with Crippen molar-refractivity contribution in [2.45, 2.75) is 46.8 Å². The molecule has 1 aromatic carbocycles. The molecule has 0 aliphatic carbocycles. The Kier molecular flexibility index (Phi) is 9.15. The predicted octanol–water partition coefficient (Wildman–Crippen LogP) is 0.397. The number of ether oxygens (including phenoxy) is 2. The van der Waals surface area contributed by atoms with Gasteiger partial charge in [-0.15, -0.1) is 0 Å². The fraction of sp³-hybridized carbons (Fsp3) is 0.560. The third kappa shape index (κ3) is 7.06. The van der Waals surface area contributed by atoms with Crippen LogP contribution in [0.5, 0.6) is 5.75 Å². The van der Waals surface area contributed by atoms with E-state index in [0.717, 1.165) is 6.42 Å². The van der Waals surface area contributed by atoms with Gasteiger partial charge in [0.1, 0.15) is 29.2 Å². The second-order valence-corrected chi connectivity index (χ2v) is 13.9. The van der Waals surface area contributed by atoms with Crippen molar-refractivity contribution in [1.29, 1.82) is 0 Å². The first-order valence-corrected chi connectivity index (χ1v) is 15.7. The number of anilines is 1. The van der Waals surface area contributed by atoms with Crippen molar-refractivity contribution in [2.24, 2.45) is 0 Å². The molecule has 0 amide bonds. The molecule has 0 radical (unpaired) electrons. The largest absolute Gasteiger partial charge is 0.491 e. The Labute approximate surface area is 230 Å². The van der Waals surface area contributed by atoms with Crippen LogP contribution < -0.4 is 19.7 Å². The zero-order chi connectivity index (χ0) is 28.3. The summed E-state index contributed by atoms with van der Waals surface area (Å²) in [4.78, 5) is 6.31. The summed E-state index contributed by atoms with van der Waals surface area (Å²) in [6, 6.07) is 9.38. The lowest BCUT2D eigenvalue weighted by Crippen LogP contribution is -2.47. The first-order chi connectivity index (χ1) is 18.4. The number of hydrogen-bond acceptors (Lipinski definition) is 10. The van der Waals surface area contributed by atoms with Gasteiger partial charge in [-0.3, -0.25) is 0 Å². The van der Waals surface area contributed by atoms with Crippen LogP contribution in [0.4, 0.5) is 5.82 Å². The van der Waals surface area contributed by atoms with Crippen LogP contribution >= 0.6 is 0 Å². The molecule has 3 N–H and O–H groups in total.